The van der Waals surface area contributed by atoms with Crippen LogP contribution in [0.3, 0.4) is 0 Å². The number of hydrazone groups is 1. The number of benzene rings is 2. The lowest BCUT2D eigenvalue weighted by Gasteiger charge is -2.19. The molecule has 0 fully saturated rings. The zero-order valence-corrected chi connectivity index (χ0v) is 15.9. The summed E-state index contributed by atoms with van der Waals surface area (Å²) in [5, 5.41) is 6.06. The Hall–Kier alpha value is -3.39. The van der Waals surface area contributed by atoms with Crippen LogP contribution in [0.15, 0.2) is 65.7 Å². The van der Waals surface area contributed by atoms with Crippen LogP contribution in [-0.2, 0) is 14.3 Å². The molecule has 0 saturated carbocycles. The second-order valence-corrected chi connectivity index (χ2v) is 6.81. The molecule has 28 heavy (non-hydrogen) atoms. The highest BCUT2D eigenvalue weighted by molar-refractivity contribution is 7.22. The minimum Gasteiger partial charge on any atom is -0.497 e. The summed E-state index contributed by atoms with van der Waals surface area (Å²) in [6, 6.07) is 15.0. The van der Waals surface area contributed by atoms with Crippen LogP contribution in [0.2, 0.25) is 0 Å². The molecule has 1 aromatic heterocycles. The highest BCUT2D eigenvalue weighted by atomic mass is 32.1. The van der Waals surface area contributed by atoms with E-state index < -0.39 is 5.91 Å². The topological polar surface area (TPSA) is 73.2 Å². The van der Waals surface area contributed by atoms with E-state index in [4.69, 9.17) is 14.2 Å². The number of anilines is 1. The van der Waals surface area contributed by atoms with Crippen LogP contribution in [0.1, 0.15) is 5.56 Å². The van der Waals surface area contributed by atoms with E-state index in [0.29, 0.717) is 18.3 Å². The van der Waals surface area contributed by atoms with Crippen molar-refractivity contribution in [2.24, 2.45) is 5.10 Å². The molecule has 0 radical (unpaired) electrons. The SMILES string of the molecule is COc1ccc(/C=N\N(C(=O)C2=COCCO2)c2nc3ccccc3s2)cc1. The molecule has 0 aliphatic carbocycles. The molecular formula is C20H17N3O4S. The van der Waals surface area contributed by atoms with Crippen LogP contribution in [0.5, 0.6) is 5.75 Å². The summed E-state index contributed by atoms with van der Waals surface area (Å²) in [6.45, 7) is 0.723. The third kappa shape index (κ3) is 3.81. The highest BCUT2D eigenvalue weighted by Crippen LogP contribution is 2.30. The first kappa shape index (κ1) is 18.0. The molecule has 0 saturated heterocycles. The Bertz CT molecular complexity index is 1010. The Morgan fingerprint density at radius 3 is 2.75 bits per heavy atom. The third-order valence-electron chi connectivity index (χ3n) is 3.95. The lowest BCUT2D eigenvalue weighted by molar-refractivity contribution is -0.119. The van der Waals surface area contributed by atoms with Crippen LogP contribution in [0.25, 0.3) is 10.2 Å². The summed E-state index contributed by atoms with van der Waals surface area (Å²) in [5.41, 5.74) is 1.62. The minimum absolute atomic E-state index is 0.0948. The highest BCUT2D eigenvalue weighted by Gasteiger charge is 2.26. The van der Waals surface area contributed by atoms with Crippen molar-refractivity contribution >= 4 is 38.8 Å². The number of methoxy groups -OCH3 is 1. The van der Waals surface area contributed by atoms with Crippen LogP contribution < -0.4 is 9.75 Å². The number of hydrogen-bond acceptors (Lipinski definition) is 7. The van der Waals surface area contributed by atoms with Gasteiger partial charge < -0.3 is 14.2 Å². The largest absolute Gasteiger partial charge is 0.497 e. The molecule has 0 unspecified atom stereocenters. The number of ether oxygens (including phenoxy) is 3. The average molecular weight is 395 g/mol. The number of para-hydroxylation sites is 1. The predicted molar refractivity (Wildman–Crippen MR) is 108 cm³/mol. The van der Waals surface area contributed by atoms with E-state index in [-0.39, 0.29) is 5.76 Å². The van der Waals surface area contributed by atoms with Gasteiger partial charge in [-0.3, -0.25) is 4.79 Å². The Morgan fingerprint density at radius 2 is 2.04 bits per heavy atom. The summed E-state index contributed by atoms with van der Waals surface area (Å²) in [5.74, 6) is 0.398. The number of nitrogens with zero attached hydrogens (tertiary/aromatic N) is 3. The van der Waals surface area contributed by atoms with Gasteiger partial charge in [0.2, 0.25) is 10.9 Å². The van der Waals surface area contributed by atoms with Crippen LogP contribution in [0.4, 0.5) is 5.13 Å². The molecule has 2 heterocycles. The monoisotopic (exact) mass is 395 g/mol. The van der Waals surface area contributed by atoms with Crippen molar-refractivity contribution < 1.29 is 19.0 Å². The van der Waals surface area contributed by atoms with E-state index in [1.807, 2.05) is 48.5 Å². The zero-order chi connectivity index (χ0) is 19.3. The van der Waals surface area contributed by atoms with Gasteiger partial charge in [-0.1, -0.05) is 23.5 Å². The van der Waals surface area contributed by atoms with Crippen molar-refractivity contribution in [2.45, 2.75) is 0 Å². The van der Waals surface area contributed by atoms with Gasteiger partial charge in [-0.05, 0) is 42.0 Å². The Labute approximate surface area is 165 Å². The van der Waals surface area contributed by atoms with E-state index in [1.165, 1.54) is 22.6 Å². The van der Waals surface area contributed by atoms with Crippen LogP contribution in [0, 0.1) is 0 Å². The summed E-state index contributed by atoms with van der Waals surface area (Å²) in [4.78, 5) is 17.5. The second-order valence-electron chi connectivity index (χ2n) is 5.80. The standard InChI is InChI=1S/C20H17N3O4S/c1-25-15-8-6-14(7-9-15)12-21-23(19(24)17-13-26-10-11-27-17)20-22-16-4-2-3-5-18(16)28-20/h2-9,12-13H,10-11H2,1H3/b21-12-. The van der Waals surface area contributed by atoms with E-state index in [1.54, 1.807) is 13.3 Å². The molecule has 1 amide bonds. The average Bonchev–Trinajstić information content (AvgIpc) is 3.18. The Balaban J connectivity index is 1.68. The number of thiazole rings is 1. The van der Waals surface area contributed by atoms with Gasteiger partial charge in [-0.15, -0.1) is 0 Å². The molecular weight excluding hydrogens is 378 g/mol. The van der Waals surface area contributed by atoms with Crippen molar-refractivity contribution in [2.75, 3.05) is 25.3 Å². The van der Waals surface area contributed by atoms with Crippen molar-refractivity contribution in [1.82, 2.24) is 4.98 Å². The number of rotatable bonds is 5. The van der Waals surface area contributed by atoms with Gasteiger partial charge in [0.05, 0.1) is 23.5 Å². The normalized spacial score (nSPS) is 13.7. The molecule has 1 aliphatic rings. The number of aromatic nitrogens is 1. The fourth-order valence-electron chi connectivity index (χ4n) is 2.54. The fraction of sp³-hybridized carbons (Fsp3) is 0.150. The molecule has 7 nitrogen and oxygen atoms in total. The minimum atomic E-state index is -0.441. The molecule has 1 aliphatic heterocycles. The van der Waals surface area contributed by atoms with Crippen LogP contribution in [-0.4, -0.2) is 37.4 Å². The van der Waals surface area contributed by atoms with Crippen molar-refractivity contribution in [3.05, 3.63) is 66.1 Å². The van der Waals surface area contributed by atoms with Gasteiger partial charge in [0.25, 0.3) is 0 Å². The lowest BCUT2D eigenvalue weighted by atomic mass is 10.2. The van der Waals surface area contributed by atoms with Crippen molar-refractivity contribution in [3.63, 3.8) is 0 Å². The first-order valence-corrected chi connectivity index (χ1v) is 9.39. The quantitative estimate of drug-likeness (QED) is 0.488. The molecule has 8 heteroatoms. The molecule has 0 N–H and O–H groups in total. The second kappa shape index (κ2) is 8.10. The van der Waals surface area contributed by atoms with Crippen molar-refractivity contribution in [3.8, 4) is 5.75 Å². The molecule has 142 valence electrons. The fourth-order valence-corrected chi connectivity index (χ4v) is 3.46. The Morgan fingerprint density at radius 1 is 1.21 bits per heavy atom. The van der Waals surface area contributed by atoms with Gasteiger partial charge in [-0.2, -0.15) is 10.1 Å². The van der Waals surface area contributed by atoms with Gasteiger partial charge in [0, 0.05) is 0 Å². The number of amides is 1. The number of hydrogen-bond donors (Lipinski definition) is 0. The maximum absolute atomic E-state index is 13.0. The smallest absolute Gasteiger partial charge is 0.319 e. The summed E-state index contributed by atoms with van der Waals surface area (Å²) >= 11 is 1.38. The summed E-state index contributed by atoms with van der Waals surface area (Å²) in [6.07, 6.45) is 2.91. The third-order valence-corrected chi connectivity index (χ3v) is 4.97. The van der Waals surface area contributed by atoms with E-state index >= 15 is 0 Å². The van der Waals surface area contributed by atoms with Gasteiger partial charge in [0.1, 0.15) is 25.2 Å². The first-order chi connectivity index (χ1) is 13.7. The lowest BCUT2D eigenvalue weighted by Crippen LogP contribution is -2.30. The molecule has 0 spiro atoms. The molecule has 0 atom stereocenters. The van der Waals surface area contributed by atoms with Gasteiger partial charge in [0.15, 0.2) is 0 Å². The van der Waals surface area contributed by atoms with Gasteiger partial charge >= 0.3 is 5.91 Å². The molecule has 2 aromatic carbocycles. The number of carbonyl (C=O) groups is 1. The molecule has 3 aromatic rings. The first-order valence-electron chi connectivity index (χ1n) is 8.57. The predicted octanol–water partition coefficient (Wildman–Crippen LogP) is 3.56. The van der Waals surface area contributed by atoms with E-state index in [0.717, 1.165) is 21.5 Å². The number of carbonyl (C=O) groups excluding carboxylic acids is 1. The van der Waals surface area contributed by atoms with E-state index in [2.05, 4.69) is 10.1 Å². The Kier molecular flexibility index (Phi) is 5.20. The maximum atomic E-state index is 13.0. The van der Waals surface area contributed by atoms with Crippen molar-refractivity contribution in [1.29, 1.82) is 0 Å². The van der Waals surface area contributed by atoms with Gasteiger partial charge in [-0.25, -0.2) is 4.98 Å². The summed E-state index contributed by atoms with van der Waals surface area (Å²) < 4.78 is 16.8. The van der Waals surface area contributed by atoms with Crippen LogP contribution >= 0.6 is 11.3 Å². The maximum Gasteiger partial charge on any atom is 0.319 e. The summed E-state index contributed by atoms with van der Waals surface area (Å²) in [7, 11) is 1.61. The van der Waals surface area contributed by atoms with E-state index in [9.17, 15) is 4.79 Å². The zero-order valence-electron chi connectivity index (χ0n) is 15.1. The number of fused-ring (bicyclic) bond motifs is 1. The molecule has 0 bridgehead atoms. The molecule has 4 rings (SSSR count).